The minimum atomic E-state index is -1.10. The number of amides is 4. The van der Waals surface area contributed by atoms with Crippen molar-refractivity contribution >= 4 is 23.6 Å². The van der Waals surface area contributed by atoms with E-state index < -0.39 is 23.6 Å². The molecule has 0 aromatic heterocycles. The summed E-state index contributed by atoms with van der Waals surface area (Å²) < 4.78 is 0. The third-order valence-electron chi connectivity index (χ3n) is 2.31. The fourth-order valence-corrected chi connectivity index (χ4v) is 1.27. The van der Waals surface area contributed by atoms with Crippen LogP contribution in [0.15, 0.2) is 0 Å². The molecule has 1 saturated heterocycles. The highest BCUT2D eigenvalue weighted by Crippen LogP contribution is 2.01. The normalized spacial score (nSPS) is 16.8. The number of hydrazine groups is 1. The summed E-state index contributed by atoms with van der Waals surface area (Å²) in [4.78, 5) is 41.1. The highest BCUT2D eigenvalue weighted by Gasteiger charge is 2.18. The summed E-state index contributed by atoms with van der Waals surface area (Å²) in [6.07, 6.45) is 3.93. The molecule has 9 nitrogen and oxygen atoms in total. The lowest BCUT2D eigenvalue weighted by Gasteiger charge is -2.17. The van der Waals surface area contributed by atoms with Crippen molar-refractivity contribution < 1.29 is 19.2 Å². The number of carbonyl (C=O) groups excluding carboxylic acids is 4. The first-order chi connectivity index (χ1) is 8.86. The first kappa shape index (κ1) is 16.8. The Kier molecular flexibility index (Phi) is 7.85. The van der Waals surface area contributed by atoms with Gasteiger partial charge in [-0.05, 0) is 12.8 Å². The lowest BCUT2D eigenvalue weighted by molar-refractivity contribution is -0.146. The van der Waals surface area contributed by atoms with Crippen LogP contribution in [0.4, 0.5) is 0 Å². The number of nitrogens with two attached hydrogens (primary N) is 3. The molecule has 0 unspecified atom stereocenters. The van der Waals surface area contributed by atoms with E-state index in [9.17, 15) is 19.2 Å². The monoisotopic (exact) mass is 273 g/mol. The van der Waals surface area contributed by atoms with Gasteiger partial charge in [-0.25, -0.2) is 5.84 Å². The van der Waals surface area contributed by atoms with Gasteiger partial charge in [0.2, 0.25) is 0 Å². The minimum absolute atomic E-state index is 0.465. The van der Waals surface area contributed by atoms with Crippen molar-refractivity contribution in [3.05, 3.63) is 0 Å². The van der Waals surface area contributed by atoms with Crippen LogP contribution in [0, 0.1) is 0 Å². The summed E-state index contributed by atoms with van der Waals surface area (Å²) in [5.74, 6) is 1.95. The van der Waals surface area contributed by atoms with Crippen LogP contribution >= 0.6 is 0 Å². The first-order valence-electron chi connectivity index (χ1n) is 5.80. The van der Waals surface area contributed by atoms with Crippen LogP contribution < -0.4 is 22.6 Å². The summed E-state index contributed by atoms with van der Waals surface area (Å²) in [6, 6.07) is 0. The molecule has 1 aliphatic rings. The van der Waals surface area contributed by atoms with Crippen LogP contribution in [-0.4, -0.2) is 41.7 Å². The van der Waals surface area contributed by atoms with Gasteiger partial charge in [0.15, 0.2) is 0 Å². The number of hydrogen-bond acceptors (Lipinski definition) is 5. The lowest BCUT2D eigenvalue weighted by atomic mass is 10.2. The summed E-state index contributed by atoms with van der Waals surface area (Å²) in [5.41, 5.74) is 8.64. The molecule has 0 bridgehead atoms. The molecule has 19 heavy (non-hydrogen) atoms. The predicted octanol–water partition coefficient (Wildman–Crippen LogP) is -2.66. The van der Waals surface area contributed by atoms with E-state index in [2.05, 4.69) is 16.8 Å². The lowest BCUT2D eigenvalue weighted by Crippen LogP contribution is -2.47. The molecule has 9 heteroatoms. The van der Waals surface area contributed by atoms with Gasteiger partial charge in [0.1, 0.15) is 0 Å². The number of carbonyl (C=O) groups is 4. The highest BCUT2D eigenvalue weighted by atomic mass is 16.2. The van der Waals surface area contributed by atoms with Gasteiger partial charge in [0.05, 0.1) is 0 Å². The number of nitrogens with zero attached hydrogens (tertiary/aromatic N) is 1. The number of primary amides is 2. The molecule has 108 valence electrons. The van der Waals surface area contributed by atoms with E-state index in [-0.39, 0.29) is 0 Å². The number of rotatable bonds is 0. The van der Waals surface area contributed by atoms with E-state index in [1.165, 1.54) is 0 Å². The fourth-order valence-electron chi connectivity index (χ4n) is 1.27. The van der Waals surface area contributed by atoms with E-state index in [0.29, 0.717) is 13.1 Å². The Morgan fingerprint density at radius 3 is 2.05 bits per heavy atom. The number of hydrogen-bond donors (Lipinski definition) is 4. The van der Waals surface area contributed by atoms with Gasteiger partial charge in [0.25, 0.3) is 0 Å². The van der Waals surface area contributed by atoms with Crippen molar-refractivity contribution in [2.24, 2.45) is 17.3 Å². The van der Waals surface area contributed by atoms with Crippen LogP contribution in [0.5, 0.6) is 0 Å². The standard InChI is InChI=1S/C8H15N3O2.C2H4N2O2/c9-11-6-4-2-1-3-5-10-7(12)8(11)13;3-1(5)2(4)6/h1-6,9H2,(H,10,12);(H2,3,5)(H2,4,6). The van der Waals surface area contributed by atoms with Gasteiger partial charge in [-0.3, -0.25) is 24.2 Å². The van der Waals surface area contributed by atoms with Crippen molar-refractivity contribution in [1.82, 2.24) is 10.3 Å². The van der Waals surface area contributed by atoms with Gasteiger partial charge < -0.3 is 16.8 Å². The van der Waals surface area contributed by atoms with E-state index >= 15 is 0 Å². The third-order valence-corrected chi connectivity index (χ3v) is 2.31. The fraction of sp³-hybridized carbons (Fsp3) is 0.600. The first-order valence-corrected chi connectivity index (χ1v) is 5.80. The van der Waals surface area contributed by atoms with Gasteiger partial charge in [-0.2, -0.15) is 0 Å². The van der Waals surface area contributed by atoms with Crippen molar-refractivity contribution in [3.63, 3.8) is 0 Å². The Hall–Kier alpha value is -2.16. The molecule has 0 aromatic carbocycles. The second-order valence-corrected chi connectivity index (χ2v) is 3.90. The van der Waals surface area contributed by atoms with E-state index in [4.69, 9.17) is 5.84 Å². The molecule has 7 N–H and O–H groups in total. The average molecular weight is 273 g/mol. The van der Waals surface area contributed by atoms with E-state index in [0.717, 1.165) is 30.7 Å². The zero-order chi connectivity index (χ0) is 14.8. The molecule has 1 rings (SSSR count). The van der Waals surface area contributed by atoms with Crippen LogP contribution in [0.25, 0.3) is 0 Å². The molecule has 0 atom stereocenters. The molecule has 1 aliphatic heterocycles. The summed E-state index contributed by atoms with van der Waals surface area (Å²) in [6.45, 7) is 1.03. The van der Waals surface area contributed by atoms with Crippen LogP contribution in [0.1, 0.15) is 25.7 Å². The van der Waals surface area contributed by atoms with Gasteiger partial charge in [-0.1, -0.05) is 12.8 Å². The Morgan fingerprint density at radius 2 is 1.53 bits per heavy atom. The summed E-state index contributed by atoms with van der Waals surface area (Å²) in [5, 5.41) is 3.51. The van der Waals surface area contributed by atoms with Gasteiger partial charge in [0, 0.05) is 13.1 Å². The van der Waals surface area contributed by atoms with E-state index in [1.54, 1.807) is 0 Å². The van der Waals surface area contributed by atoms with Crippen molar-refractivity contribution in [1.29, 1.82) is 0 Å². The second kappa shape index (κ2) is 8.86. The number of nitrogens with one attached hydrogen (secondary N) is 1. The second-order valence-electron chi connectivity index (χ2n) is 3.90. The predicted molar refractivity (Wildman–Crippen MR) is 65.8 cm³/mol. The zero-order valence-corrected chi connectivity index (χ0v) is 10.6. The maximum atomic E-state index is 11.2. The Balaban J connectivity index is 0.000000459. The Morgan fingerprint density at radius 1 is 1.00 bits per heavy atom. The Labute approximate surface area is 110 Å². The van der Waals surface area contributed by atoms with Gasteiger partial charge >= 0.3 is 23.6 Å². The molecule has 0 aromatic rings. The largest absolute Gasteiger partial charge is 0.361 e. The molecule has 0 radical (unpaired) electrons. The molecular formula is C10H19N5O4. The molecule has 0 saturated carbocycles. The quantitative estimate of drug-likeness (QED) is 0.215. The third kappa shape index (κ3) is 7.71. The highest BCUT2D eigenvalue weighted by molar-refractivity contribution is 6.34. The van der Waals surface area contributed by atoms with Crippen LogP contribution in [0.3, 0.4) is 0 Å². The van der Waals surface area contributed by atoms with Gasteiger partial charge in [-0.15, -0.1) is 0 Å². The molecule has 4 amide bonds. The summed E-state index contributed by atoms with van der Waals surface area (Å²) >= 11 is 0. The molecule has 1 fully saturated rings. The SMILES string of the molecule is NC(=O)C(N)=O.NN1CCCCCCNC(=O)C1=O. The molecule has 1 heterocycles. The molecule has 0 spiro atoms. The summed E-state index contributed by atoms with van der Waals surface area (Å²) in [7, 11) is 0. The maximum absolute atomic E-state index is 11.2. The van der Waals surface area contributed by atoms with Crippen molar-refractivity contribution in [2.45, 2.75) is 25.7 Å². The van der Waals surface area contributed by atoms with Crippen LogP contribution in [0.2, 0.25) is 0 Å². The van der Waals surface area contributed by atoms with E-state index in [1.807, 2.05) is 0 Å². The van der Waals surface area contributed by atoms with Crippen molar-refractivity contribution in [2.75, 3.05) is 13.1 Å². The molecule has 0 aliphatic carbocycles. The minimum Gasteiger partial charge on any atom is -0.361 e. The average Bonchev–Trinajstić information content (AvgIpc) is 2.36. The molecular weight excluding hydrogens is 254 g/mol. The smallest absolute Gasteiger partial charge is 0.325 e. The zero-order valence-electron chi connectivity index (χ0n) is 10.6. The topological polar surface area (TPSA) is 162 Å². The maximum Gasteiger partial charge on any atom is 0.325 e. The Bertz CT molecular complexity index is 346. The van der Waals surface area contributed by atoms with Crippen molar-refractivity contribution in [3.8, 4) is 0 Å². The van der Waals surface area contributed by atoms with Crippen LogP contribution in [-0.2, 0) is 19.2 Å².